The molecule has 0 atom stereocenters. The molecule has 8 nitrogen and oxygen atoms in total. The van der Waals surface area contributed by atoms with Crippen molar-refractivity contribution in [2.45, 2.75) is 38.6 Å². The number of anilines is 2. The Labute approximate surface area is 162 Å². The molecule has 28 heavy (non-hydrogen) atoms. The van der Waals surface area contributed by atoms with E-state index in [9.17, 15) is 9.59 Å². The summed E-state index contributed by atoms with van der Waals surface area (Å²) in [4.78, 5) is 30.6. The molecular weight excluding hydrogens is 356 g/mol. The zero-order valence-corrected chi connectivity index (χ0v) is 15.6. The monoisotopic (exact) mass is 378 g/mol. The first kappa shape index (κ1) is 18.2. The lowest BCUT2D eigenvalue weighted by Gasteiger charge is -2.24. The molecule has 8 heteroatoms. The van der Waals surface area contributed by atoms with Gasteiger partial charge in [0, 0.05) is 19.2 Å². The van der Waals surface area contributed by atoms with E-state index in [-0.39, 0.29) is 23.7 Å². The van der Waals surface area contributed by atoms with E-state index in [1.54, 1.807) is 12.1 Å². The average Bonchev–Trinajstić information content (AvgIpc) is 3.34. The molecule has 0 unspecified atom stereocenters. The molecule has 1 N–H and O–H groups in total. The van der Waals surface area contributed by atoms with Gasteiger partial charge in [-0.3, -0.25) is 9.59 Å². The molecule has 1 amide bonds. The van der Waals surface area contributed by atoms with Gasteiger partial charge in [-0.2, -0.15) is 10.4 Å². The molecule has 1 spiro atoms. The Morgan fingerprint density at radius 3 is 2.75 bits per heavy atom. The van der Waals surface area contributed by atoms with Crippen molar-refractivity contribution in [3.05, 3.63) is 46.5 Å². The number of pyridine rings is 1. The van der Waals surface area contributed by atoms with Gasteiger partial charge in [0.1, 0.15) is 24.1 Å². The van der Waals surface area contributed by atoms with Gasteiger partial charge in [-0.05, 0) is 42.9 Å². The maximum Gasteiger partial charge on any atom is 0.267 e. The van der Waals surface area contributed by atoms with Crippen LogP contribution in [0.15, 0.2) is 35.3 Å². The molecule has 1 saturated heterocycles. The zero-order valence-electron chi connectivity index (χ0n) is 15.6. The van der Waals surface area contributed by atoms with Gasteiger partial charge in [0.2, 0.25) is 5.91 Å². The highest BCUT2D eigenvalue weighted by Gasteiger charge is 2.40. The Morgan fingerprint density at radius 1 is 1.21 bits per heavy atom. The fourth-order valence-electron chi connectivity index (χ4n) is 4.25. The third-order valence-electron chi connectivity index (χ3n) is 5.73. The molecule has 144 valence electrons. The largest absolute Gasteiger partial charge is 0.355 e. The smallest absolute Gasteiger partial charge is 0.267 e. The molecule has 1 aliphatic heterocycles. The van der Waals surface area contributed by atoms with Crippen molar-refractivity contribution in [1.82, 2.24) is 14.8 Å². The minimum absolute atomic E-state index is 0.175. The number of carbonyl (C=O) groups excluding carboxylic acids is 1. The van der Waals surface area contributed by atoms with Crippen molar-refractivity contribution in [3.8, 4) is 6.07 Å². The fraction of sp³-hybridized carbons (Fsp3) is 0.450. The van der Waals surface area contributed by atoms with Gasteiger partial charge < -0.3 is 10.2 Å². The second-order valence-electron chi connectivity index (χ2n) is 7.66. The normalized spacial score (nSPS) is 17.6. The molecule has 0 radical (unpaired) electrons. The van der Waals surface area contributed by atoms with Crippen molar-refractivity contribution in [2.75, 3.05) is 23.3 Å². The molecule has 2 aliphatic rings. The van der Waals surface area contributed by atoms with Crippen LogP contribution in [0.3, 0.4) is 0 Å². The van der Waals surface area contributed by atoms with Gasteiger partial charge in [0.25, 0.3) is 5.56 Å². The number of nitrogens with one attached hydrogen (secondary N) is 1. The van der Waals surface area contributed by atoms with Gasteiger partial charge in [0.05, 0.1) is 11.9 Å². The molecular formula is C20H22N6O2. The number of aromatic nitrogens is 3. The minimum atomic E-state index is -0.369. The van der Waals surface area contributed by atoms with Crippen LogP contribution in [0.5, 0.6) is 0 Å². The molecule has 3 heterocycles. The van der Waals surface area contributed by atoms with Gasteiger partial charge in [-0.25, -0.2) is 9.67 Å². The van der Waals surface area contributed by atoms with Crippen LogP contribution >= 0.6 is 0 Å². The quantitative estimate of drug-likeness (QED) is 0.872. The van der Waals surface area contributed by atoms with Gasteiger partial charge in [-0.1, -0.05) is 12.8 Å². The number of nitrogens with zero attached hydrogens (tertiary/aromatic N) is 5. The summed E-state index contributed by atoms with van der Waals surface area (Å²) >= 11 is 0. The SMILES string of the molecule is N#Cc1ccc(NC(=O)Cn2nc(N3CCC4(CCCC4)C3)ccc2=O)cn1. The molecule has 4 rings (SSSR count). The van der Waals surface area contributed by atoms with Crippen molar-refractivity contribution in [3.63, 3.8) is 0 Å². The van der Waals surface area contributed by atoms with E-state index in [1.165, 1.54) is 55.1 Å². The first-order valence-electron chi connectivity index (χ1n) is 9.56. The summed E-state index contributed by atoms with van der Waals surface area (Å²) in [5, 5.41) is 15.9. The van der Waals surface area contributed by atoms with Crippen LogP contribution in [0.1, 0.15) is 37.8 Å². The Balaban J connectivity index is 1.44. The van der Waals surface area contributed by atoms with Crippen molar-refractivity contribution in [1.29, 1.82) is 5.26 Å². The number of nitriles is 1. The highest BCUT2D eigenvalue weighted by Crippen LogP contribution is 2.45. The van der Waals surface area contributed by atoms with Crippen LogP contribution in [-0.4, -0.2) is 33.8 Å². The second-order valence-corrected chi connectivity index (χ2v) is 7.66. The average molecular weight is 378 g/mol. The Morgan fingerprint density at radius 2 is 2.04 bits per heavy atom. The lowest BCUT2D eigenvalue weighted by atomic mass is 9.86. The Bertz CT molecular complexity index is 969. The van der Waals surface area contributed by atoms with Crippen molar-refractivity contribution < 1.29 is 4.79 Å². The van der Waals surface area contributed by atoms with E-state index >= 15 is 0 Å². The van der Waals surface area contributed by atoms with Crippen LogP contribution in [0.2, 0.25) is 0 Å². The van der Waals surface area contributed by atoms with E-state index < -0.39 is 0 Å². The first-order chi connectivity index (χ1) is 13.6. The van der Waals surface area contributed by atoms with E-state index in [4.69, 9.17) is 5.26 Å². The number of carbonyl (C=O) groups is 1. The fourth-order valence-corrected chi connectivity index (χ4v) is 4.25. The molecule has 2 aromatic rings. The van der Waals surface area contributed by atoms with E-state index in [1.807, 2.05) is 6.07 Å². The summed E-state index contributed by atoms with van der Waals surface area (Å²) in [7, 11) is 0. The molecule has 1 saturated carbocycles. The molecule has 0 aromatic carbocycles. The maximum absolute atomic E-state index is 12.3. The Hall–Kier alpha value is -3.21. The molecule has 2 fully saturated rings. The number of hydrogen-bond donors (Lipinski definition) is 1. The summed E-state index contributed by atoms with van der Waals surface area (Å²) in [6.07, 6.45) is 7.71. The summed E-state index contributed by atoms with van der Waals surface area (Å²) < 4.78 is 1.20. The third kappa shape index (κ3) is 3.74. The lowest BCUT2D eigenvalue weighted by Crippen LogP contribution is -2.32. The number of hydrogen-bond acceptors (Lipinski definition) is 6. The lowest BCUT2D eigenvalue weighted by molar-refractivity contribution is -0.117. The molecule has 0 bridgehead atoms. The Kier molecular flexibility index (Phi) is 4.82. The van der Waals surface area contributed by atoms with Crippen LogP contribution < -0.4 is 15.8 Å². The zero-order chi connectivity index (χ0) is 19.6. The number of rotatable bonds is 4. The topological polar surface area (TPSA) is 104 Å². The summed E-state index contributed by atoms with van der Waals surface area (Å²) in [6, 6.07) is 8.26. The van der Waals surface area contributed by atoms with Crippen LogP contribution in [0, 0.1) is 16.7 Å². The summed E-state index contributed by atoms with van der Waals surface area (Å²) in [5.41, 5.74) is 0.833. The van der Waals surface area contributed by atoms with Gasteiger partial charge >= 0.3 is 0 Å². The first-order valence-corrected chi connectivity index (χ1v) is 9.56. The molecule has 1 aliphatic carbocycles. The standard InChI is InChI=1S/C20H22N6O2/c21-11-15-3-4-16(12-22-15)23-18(27)13-26-19(28)6-5-17(24-26)25-10-9-20(14-25)7-1-2-8-20/h3-6,12H,1-2,7-10,13-14H2,(H,23,27). The van der Waals surface area contributed by atoms with Gasteiger partial charge in [-0.15, -0.1) is 0 Å². The predicted molar refractivity (Wildman–Crippen MR) is 104 cm³/mol. The van der Waals surface area contributed by atoms with Crippen molar-refractivity contribution >= 4 is 17.4 Å². The highest BCUT2D eigenvalue weighted by atomic mass is 16.2. The highest BCUT2D eigenvalue weighted by molar-refractivity contribution is 5.90. The van der Waals surface area contributed by atoms with E-state index in [0.29, 0.717) is 11.1 Å². The minimum Gasteiger partial charge on any atom is -0.355 e. The summed E-state index contributed by atoms with van der Waals surface area (Å²) in [5.74, 6) is 0.378. The van der Waals surface area contributed by atoms with Crippen LogP contribution in [0.25, 0.3) is 0 Å². The third-order valence-corrected chi connectivity index (χ3v) is 5.73. The summed E-state index contributed by atoms with van der Waals surface area (Å²) in [6.45, 7) is 1.74. The van der Waals surface area contributed by atoms with E-state index in [2.05, 4.69) is 20.3 Å². The van der Waals surface area contributed by atoms with Crippen molar-refractivity contribution in [2.24, 2.45) is 5.41 Å². The predicted octanol–water partition coefficient (Wildman–Crippen LogP) is 1.92. The van der Waals surface area contributed by atoms with Gasteiger partial charge in [0.15, 0.2) is 0 Å². The van der Waals surface area contributed by atoms with Crippen LogP contribution in [0.4, 0.5) is 11.5 Å². The molecule has 2 aromatic heterocycles. The van der Waals surface area contributed by atoms with E-state index in [0.717, 1.165) is 18.9 Å². The maximum atomic E-state index is 12.3. The van der Waals surface area contributed by atoms with Crippen LogP contribution in [-0.2, 0) is 11.3 Å². The second kappa shape index (κ2) is 7.43. The number of amides is 1.